The van der Waals surface area contributed by atoms with Crippen LogP contribution in [-0.2, 0) is 5.41 Å². The van der Waals surface area contributed by atoms with Crippen molar-refractivity contribution in [3.8, 4) is 45.3 Å². The Morgan fingerprint density at radius 1 is 0.400 bits per heavy atom. The molecule has 0 unspecified atom stereocenters. The van der Waals surface area contributed by atoms with Crippen molar-refractivity contribution >= 4 is 32.3 Å². The predicted molar refractivity (Wildman–Crippen MR) is 186 cm³/mol. The minimum Gasteiger partial charge on any atom is -0.208 e. The molecule has 0 saturated heterocycles. The number of nitrogens with zero attached hydrogens (tertiary/aromatic N) is 3. The molecule has 0 amide bonds. The van der Waals surface area contributed by atoms with Gasteiger partial charge in [-0.2, -0.15) is 0 Å². The zero-order chi connectivity index (χ0) is 30.1. The molecule has 3 heteroatoms. The van der Waals surface area contributed by atoms with Crippen LogP contribution in [-0.4, -0.2) is 15.0 Å². The molecule has 0 saturated carbocycles. The summed E-state index contributed by atoms with van der Waals surface area (Å²) in [5, 5.41) is 7.57. The number of rotatable bonds is 3. The zero-order valence-electron chi connectivity index (χ0n) is 25.1. The Morgan fingerprint density at radius 2 is 0.822 bits per heavy atom. The van der Waals surface area contributed by atoms with Crippen LogP contribution in [0.4, 0.5) is 0 Å². The number of fused-ring (bicyclic) bond motifs is 10. The second-order valence-corrected chi connectivity index (χ2v) is 12.4. The zero-order valence-corrected chi connectivity index (χ0v) is 25.1. The van der Waals surface area contributed by atoms with E-state index in [0.717, 1.165) is 22.1 Å². The fourth-order valence-corrected chi connectivity index (χ4v) is 7.44. The van der Waals surface area contributed by atoms with Gasteiger partial charge in [-0.05, 0) is 60.6 Å². The third-order valence-electron chi connectivity index (χ3n) is 9.47. The molecule has 1 aliphatic carbocycles. The molecular formula is C42H29N3. The monoisotopic (exact) mass is 575 g/mol. The Balaban J connectivity index is 1.39. The molecule has 0 N–H and O–H groups in total. The molecule has 1 aliphatic rings. The molecule has 0 spiro atoms. The van der Waals surface area contributed by atoms with E-state index in [1.165, 1.54) is 49.2 Å². The van der Waals surface area contributed by atoms with Crippen molar-refractivity contribution in [2.45, 2.75) is 19.3 Å². The Labute approximate surface area is 261 Å². The minimum atomic E-state index is -0.245. The van der Waals surface area contributed by atoms with Crippen LogP contribution >= 0.6 is 0 Å². The van der Waals surface area contributed by atoms with E-state index >= 15 is 0 Å². The molecule has 0 fully saturated rings. The highest BCUT2D eigenvalue weighted by molar-refractivity contribution is 6.22. The van der Waals surface area contributed by atoms with E-state index in [1.807, 2.05) is 36.4 Å². The summed E-state index contributed by atoms with van der Waals surface area (Å²) in [6.07, 6.45) is 0. The lowest BCUT2D eigenvalue weighted by Crippen LogP contribution is -2.16. The SMILES string of the molecule is CC1(C)c2cc(-c3nc(-c4ccccc4)nc(-c4ccccc4)n3)c3ccccc3c2-c2c1c1ccccc1c1ccccc21. The lowest BCUT2D eigenvalue weighted by atomic mass is 9.78. The van der Waals surface area contributed by atoms with Crippen LogP contribution in [0.25, 0.3) is 77.6 Å². The van der Waals surface area contributed by atoms with E-state index < -0.39 is 0 Å². The number of benzene rings is 7. The van der Waals surface area contributed by atoms with Gasteiger partial charge in [0.1, 0.15) is 0 Å². The van der Waals surface area contributed by atoms with Gasteiger partial charge in [-0.3, -0.25) is 0 Å². The first-order valence-corrected chi connectivity index (χ1v) is 15.5. The van der Waals surface area contributed by atoms with E-state index in [9.17, 15) is 0 Å². The number of aromatic nitrogens is 3. The number of hydrogen-bond donors (Lipinski definition) is 0. The molecule has 0 aliphatic heterocycles. The quantitative estimate of drug-likeness (QED) is 0.197. The molecule has 0 atom stereocenters. The van der Waals surface area contributed by atoms with Crippen LogP contribution in [0.2, 0.25) is 0 Å². The van der Waals surface area contributed by atoms with Gasteiger partial charge in [0.2, 0.25) is 0 Å². The Hall–Kier alpha value is -5.67. The average molecular weight is 576 g/mol. The second-order valence-electron chi connectivity index (χ2n) is 12.4. The molecule has 212 valence electrons. The molecule has 3 nitrogen and oxygen atoms in total. The van der Waals surface area contributed by atoms with Crippen molar-refractivity contribution in [1.29, 1.82) is 0 Å². The fourth-order valence-electron chi connectivity index (χ4n) is 7.44. The van der Waals surface area contributed by atoms with Crippen LogP contribution < -0.4 is 0 Å². The molecule has 1 aromatic heterocycles. The Morgan fingerprint density at radius 3 is 1.40 bits per heavy atom. The summed E-state index contributed by atoms with van der Waals surface area (Å²) in [6, 6.07) is 49.3. The van der Waals surface area contributed by atoms with E-state index in [-0.39, 0.29) is 5.41 Å². The van der Waals surface area contributed by atoms with E-state index in [0.29, 0.717) is 17.5 Å². The Bertz CT molecular complexity index is 2390. The van der Waals surface area contributed by atoms with Crippen molar-refractivity contribution in [3.63, 3.8) is 0 Å². The van der Waals surface area contributed by atoms with Crippen molar-refractivity contribution in [1.82, 2.24) is 15.0 Å². The number of hydrogen-bond acceptors (Lipinski definition) is 3. The maximum absolute atomic E-state index is 5.15. The summed E-state index contributed by atoms with van der Waals surface area (Å²) < 4.78 is 0. The molecule has 0 bridgehead atoms. The summed E-state index contributed by atoms with van der Waals surface area (Å²) in [7, 11) is 0. The lowest BCUT2D eigenvalue weighted by Gasteiger charge is -2.24. The van der Waals surface area contributed by atoms with E-state index in [1.54, 1.807) is 0 Å². The third-order valence-corrected chi connectivity index (χ3v) is 9.47. The highest BCUT2D eigenvalue weighted by atomic mass is 15.0. The van der Waals surface area contributed by atoms with Crippen LogP contribution in [0.5, 0.6) is 0 Å². The van der Waals surface area contributed by atoms with Gasteiger partial charge >= 0.3 is 0 Å². The van der Waals surface area contributed by atoms with Gasteiger partial charge in [-0.1, -0.05) is 147 Å². The molecule has 0 radical (unpaired) electrons. The average Bonchev–Trinajstić information content (AvgIpc) is 3.35. The van der Waals surface area contributed by atoms with Gasteiger partial charge in [0.15, 0.2) is 17.5 Å². The van der Waals surface area contributed by atoms with E-state index in [2.05, 4.69) is 117 Å². The van der Waals surface area contributed by atoms with Crippen LogP contribution in [0.3, 0.4) is 0 Å². The van der Waals surface area contributed by atoms with Crippen LogP contribution in [0.15, 0.2) is 140 Å². The summed E-state index contributed by atoms with van der Waals surface area (Å²) >= 11 is 0. The second kappa shape index (κ2) is 9.67. The van der Waals surface area contributed by atoms with Crippen molar-refractivity contribution < 1.29 is 0 Å². The largest absolute Gasteiger partial charge is 0.208 e. The minimum absolute atomic E-state index is 0.245. The van der Waals surface area contributed by atoms with Crippen LogP contribution in [0, 0.1) is 0 Å². The molecule has 1 heterocycles. The maximum Gasteiger partial charge on any atom is 0.164 e. The first kappa shape index (κ1) is 25.8. The Kier molecular flexibility index (Phi) is 5.54. The van der Waals surface area contributed by atoms with E-state index in [4.69, 9.17) is 15.0 Å². The van der Waals surface area contributed by atoms with Crippen molar-refractivity contribution in [2.24, 2.45) is 0 Å². The summed E-state index contributed by atoms with van der Waals surface area (Å²) in [5.41, 5.74) is 8.06. The summed E-state index contributed by atoms with van der Waals surface area (Å²) in [5.74, 6) is 2.02. The molecule has 45 heavy (non-hydrogen) atoms. The topological polar surface area (TPSA) is 38.7 Å². The molecular weight excluding hydrogens is 546 g/mol. The molecule has 8 aromatic rings. The summed E-state index contributed by atoms with van der Waals surface area (Å²) in [6.45, 7) is 4.74. The van der Waals surface area contributed by atoms with Crippen molar-refractivity contribution in [3.05, 3.63) is 151 Å². The normalized spacial score (nSPS) is 13.3. The van der Waals surface area contributed by atoms with Gasteiger partial charge in [0, 0.05) is 22.1 Å². The highest BCUT2D eigenvalue weighted by Gasteiger charge is 2.40. The smallest absolute Gasteiger partial charge is 0.164 e. The third kappa shape index (κ3) is 3.80. The standard InChI is InChI=1S/C42H29N3/c1-42(2)35-25-34(41-44-39(26-15-5-3-6-16-26)43-40(45-41)27-17-7-4-8-18-27)30-21-10-12-22-31(30)36(35)37-32-23-13-9-19-28(32)29-20-11-14-24-33(29)38(37)42/h3-25H,1-2H3. The first-order chi connectivity index (χ1) is 22.1. The van der Waals surface area contributed by atoms with Gasteiger partial charge in [0.05, 0.1) is 0 Å². The first-order valence-electron chi connectivity index (χ1n) is 15.5. The van der Waals surface area contributed by atoms with Crippen LogP contribution in [0.1, 0.15) is 25.0 Å². The molecule has 7 aromatic carbocycles. The van der Waals surface area contributed by atoms with Gasteiger partial charge in [-0.15, -0.1) is 0 Å². The van der Waals surface area contributed by atoms with Gasteiger partial charge in [-0.25, -0.2) is 15.0 Å². The van der Waals surface area contributed by atoms with Gasteiger partial charge in [0.25, 0.3) is 0 Å². The highest BCUT2D eigenvalue weighted by Crippen LogP contribution is 2.57. The summed E-state index contributed by atoms with van der Waals surface area (Å²) in [4.78, 5) is 15.3. The van der Waals surface area contributed by atoms with Crippen molar-refractivity contribution in [2.75, 3.05) is 0 Å². The maximum atomic E-state index is 5.15. The fraction of sp³-hybridized carbons (Fsp3) is 0.0714. The predicted octanol–water partition coefficient (Wildman–Crippen LogP) is 10.6. The van der Waals surface area contributed by atoms with Gasteiger partial charge < -0.3 is 0 Å². The lowest BCUT2D eigenvalue weighted by molar-refractivity contribution is 0.667. The molecule has 9 rings (SSSR count).